The van der Waals surface area contributed by atoms with E-state index in [1.165, 1.54) is 11.1 Å². The van der Waals surface area contributed by atoms with E-state index in [1.54, 1.807) is 0 Å². The van der Waals surface area contributed by atoms with Crippen LogP contribution in [0.2, 0.25) is 0 Å². The zero-order valence-electron chi connectivity index (χ0n) is 10.4. The molecule has 0 aliphatic carbocycles. The Morgan fingerprint density at radius 2 is 2.24 bits per heavy atom. The van der Waals surface area contributed by atoms with Gasteiger partial charge in [-0.2, -0.15) is 0 Å². The fraction of sp³-hybridized carbons (Fsp3) is 0.462. The third-order valence-electron chi connectivity index (χ3n) is 3.18. The van der Waals surface area contributed by atoms with E-state index >= 15 is 0 Å². The molecule has 2 N–H and O–H groups in total. The maximum atomic E-state index is 11.8. The summed E-state index contributed by atoms with van der Waals surface area (Å²) in [5.41, 5.74) is 2.45. The number of hydrogen-bond acceptors (Lipinski definition) is 2. The first-order valence-electron chi connectivity index (χ1n) is 5.98. The van der Waals surface area contributed by atoms with Crippen LogP contribution >= 0.6 is 0 Å². The van der Waals surface area contributed by atoms with E-state index in [0.717, 1.165) is 19.6 Å². The van der Waals surface area contributed by atoms with Gasteiger partial charge >= 0.3 is 6.03 Å². The van der Waals surface area contributed by atoms with Gasteiger partial charge in [0.15, 0.2) is 0 Å². The van der Waals surface area contributed by atoms with E-state index < -0.39 is 0 Å². The summed E-state index contributed by atoms with van der Waals surface area (Å²) in [6, 6.07) is 8.37. The van der Waals surface area contributed by atoms with Crippen LogP contribution in [0.15, 0.2) is 24.3 Å². The Balaban J connectivity index is 2.06. The van der Waals surface area contributed by atoms with Crippen molar-refractivity contribution in [2.75, 3.05) is 26.7 Å². The third-order valence-corrected chi connectivity index (χ3v) is 3.18. The van der Waals surface area contributed by atoms with Crippen LogP contribution in [-0.4, -0.2) is 37.6 Å². The second-order valence-electron chi connectivity index (χ2n) is 4.41. The Bertz CT molecular complexity index is 405. The average molecular weight is 233 g/mol. The van der Waals surface area contributed by atoms with Crippen molar-refractivity contribution >= 4 is 6.03 Å². The molecule has 0 bridgehead atoms. The van der Waals surface area contributed by atoms with Gasteiger partial charge < -0.3 is 15.5 Å². The number of nitrogens with zero attached hydrogens (tertiary/aromatic N) is 1. The van der Waals surface area contributed by atoms with Gasteiger partial charge in [0, 0.05) is 19.6 Å². The Morgan fingerprint density at radius 1 is 1.47 bits per heavy atom. The molecular weight excluding hydrogens is 214 g/mol. The fourth-order valence-corrected chi connectivity index (χ4v) is 2.18. The van der Waals surface area contributed by atoms with Crippen LogP contribution in [0.25, 0.3) is 0 Å². The molecule has 1 aromatic carbocycles. The summed E-state index contributed by atoms with van der Waals surface area (Å²) in [6.07, 6.45) is 0. The largest absolute Gasteiger partial charge is 0.329 e. The lowest BCUT2D eigenvalue weighted by atomic mass is 10.0. The molecule has 2 amide bonds. The molecule has 1 heterocycles. The van der Waals surface area contributed by atoms with Gasteiger partial charge in [-0.1, -0.05) is 24.3 Å². The highest BCUT2D eigenvalue weighted by atomic mass is 16.2. The summed E-state index contributed by atoms with van der Waals surface area (Å²) in [5.74, 6) is 0. The zero-order chi connectivity index (χ0) is 12.3. The van der Waals surface area contributed by atoms with E-state index in [9.17, 15) is 4.79 Å². The predicted octanol–water partition coefficient (Wildman–Crippen LogP) is 1.28. The second-order valence-corrected chi connectivity index (χ2v) is 4.41. The SMILES string of the molecule is CNCCN1CC(c2ccccc2C)NC1=O. The van der Waals surface area contributed by atoms with Crippen LogP contribution < -0.4 is 10.6 Å². The van der Waals surface area contributed by atoms with Gasteiger partial charge in [-0.3, -0.25) is 0 Å². The molecule has 4 nitrogen and oxygen atoms in total. The molecule has 4 heteroatoms. The number of carbonyl (C=O) groups is 1. The van der Waals surface area contributed by atoms with Gasteiger partial charge in [0.1, 0.15) is 0 Å². The van der Waals surface area contributed by atoms with Crippen LogP contribution in [0.1, 0.15) is 17.2 Å². The molecule has 1 unspecified atom stereocenters. The highest BCUT2D eigenvalue weighted by molar-refractivity contribution is 5.77. The normalized spacial score (nSPS) is 19.5. The first kappa shape index (κ1) is 11.9. The smallest absolute Gasteiger partial charge is 0.318 e. The van der Waals surface area contributed by atoms with Crippen LogP contribution in [0, 0.1) is 6.92 Å². The third kappa shape index (κ3) is 2.58. The molecule has 1 aromatic rings. The molecule has 1 saturated heterocycles. The van der Waals surface area contributed by atoms with Crippen LogP contribution in [0.3, 0.4) is 0 Å². The Hall–Kier alpha value is -1.55. The minimum absolute atomic E-state index is 0.0357. The van der Waals surface area contributed by atoms with Crippen molar-refractivity contribution in [1.29, 1.82) is 0 Å². The van der Waals surface area contributed by atoms with Crippen molar-refractivity contribution in [3.05, 3.63) is 35.4 Å². The van der Waals surface area contributed by atoms with Crippen LogP contribution in [0.5, 0.6) is 0 Å². The summed E-state index contributed by atoms with van der Waals surface area (Å²) < 4.78 is 0. The van der Waals surface area contributed by atoms with Gasteiger partial charge in [-0.05, 0) is 25.1 Å². The fourth-order valence-electron chi connectivity index (χ4n) is 2.18. The summed E-state index contributed by atoms with van der Waals surface area (Å²) in [7, 11) is 1.90. The average Bonchev–Trinajstić information content (AvgIpc) is 2.68. The minimum Gasteiger partial charge on any atom is -0.329 e. The molecule has 0 spiro atoms. The first-order chi connectivity index (χ1) is 8.22. The molecule has 92 valence electrons. The van der Waals surface area contributed by atoms with Crippen molar-refractivity contribution in [3.63, 3.8) is 0 Å². The van der Waals surface area contributed by atoms with Crippen molar-refractivity contribution < 1.29 is 4.79 Å². The van der Waals surface area contributed by atoms with E-state index in [-0.39, 0.29) is 12.1 Å². The Morgan fingerprint density at radius 3 is 2.94 bits per heavy atom. The standard InChI is InChI=1S/C13H19N3O/c1-10-5-3-4-6-11(10)12-9-16(8-7-14-2)13(17)15-12/h3-6,12,14H,7-9H2,1-2H3,(H,15,17). The van der Waals surface area contributed by atoms with Gasteiger partial charge in [0.25, 0.3) is 0 Å². The number of rotatable bonds is 4. The van der Waals surface area contributed by atoms with E-state index in [4.69, 9.17) is 0 Å². The van der Waals surface area contributed by atoms with Crippen molar-refractivity contribution in [2.45, 2.75) is 13.0 Å². The molecule has 17 heavy (non-hydrogen) atoms. The second kappa shape index (κ2) is 5.19. The van der Waals surface area contributed by atoms with Gasteiger partial charge in [-0.25, -0.2) is 4.79 Å². The van der Waals surface area contributed by atoms with E-state index in [2.05, 4.69) is 29.7 Å². The monoisotopic (exact) mass is 233 g/mol. The van der Waals surface area contributed by atoms with Gasteiger partial charge in [0.05, 0.1) is 6.04 Å². The lowest BCUT2D eigenvalue weighted by Crippen LogP contribution is -2.33. The number of benzene rings is 1. The summed E-state index contributed by atoms with van der Waals surface area (Å²) in [6.45, 7) is 4.42. The van der Waals surface area contributed by atoms with Crippen LogP contribution in [-0.2, 0) is 0 Å². The van der Waals surface area contributed by atoms with Crippen molar-refractivity contribution in [3.8, 4) is 0 Å². The number of carbonyl (C=O) groups excluding carboxylic acids is 1. The highest BCUT2D eigenvalue weighted by Gasteiger charge is 2.29. The van der Waals surface area contributed by atoms with Crippen LogP contribution in [0.4, 0.5) is 4.79 Å². The number of amides is 2. The maximum Gasteiger partial charge on any atom is 0.318 e. The quantitative estimate of drug-likeness (QED) is 0.823. The number of likely N-dealkylation sites (N-methyl/N-ethyl adjacent to an activating group) is 1. The van der Waals surface area contributed by atoms with Crippen molar-refractivity contribution in [2.24, 2.45) is 0 Å². The topological polar surface area (TPSA) is 44.4 Å². The number of hydrogen-bond donors (Lipinski definition) is 2. The zero-order valence-corrected chi connectivity index (χ0v) is 10.4. The van der Waals surface area contributed by atoms with Gasteiger partial charge in [0.2, 0.25) is 0 Å². The molecular formula is C13H19N3O. The number of nitrogens with one attached hydrogen (secondary N) is 2. The molecule has 1 aliphatic heterocycles. The number of aryl methyl sites for hydroxylation is 1. The molecule has 1 aliphatic rings. The van der Waals surface area contributed by atoms with Gasteiger partial charge in [-0.15, -0.1) is 0 Å². The minimum atomic E-state index is 0.0357. The van der Waals surface area contributed by atoms with E-state index in [1.807, 2.05) is 24.1 Å². The molecule has 0 radical (unpaired) electrons. The predicted molar refractivity (Wildman–Crippen MR) is 68.0 cm³/mol. The molecule has 1 atom stereocenters. The summed E-state index contributed by atoms with van der Waals surface area (Å²) in [5, 5.41) is 6.09. The first-order valence-corrected chi connectivity index (χ1v) is 5.98. The lowest BCUT2D eigenvalue weighted by molar-refractivity contribution is 0.218. The molecule has 1 fully saturated rings. The lowest BCUT2D eigenvalue weighted by Gasteiger charge is -2.15. The maximum absolute atomic E-state index is 11.8. The summed E-state index contributed by atoms with van der Waals surface area (Å²) >= 11 is 0. The highest BCUT2D eigenvalue weighted by Crippen LogP contribution is 2.22. The van der Waals surface area contributed by atoms with E-state index in [0.29, 0.717) is 0 Å². The Labute approximate surface area is 102 Å². The van der Waals surface area contributed by atoms with Crippen molar-refractivity contribution in [1.82, 2.24) is 15.5 Å². The molecule has 0 aromatic heterocycles. The molecule has 0 saturated carbocycles. The molecule has 2 rings (SSSR count). The Kier molecular flexibility index (Phi) is 3.64. The number of urea groups is 1. The summed E-state index contributed by atoms with van der Waals surface area (Å²) in [4.78, 5) is 13.6.